The Morgan fingerprint density at radius 3 is 2.75 bits per heavy atom. The first-order valence-corrected chi connectivity index (χ1v) is 9.35. The quantitative estimate of drug-likeness (QED) is 0.660. The molecular formula is C20H21N2OS. The Balaban J connectivity index is 1.36. The van der Waals surface area contributed by atoms with Gasteiger partial charge in [-0.25, -0.2) is 4.98 Å². The predicted octanol–water partition coefficient (Wildman–Crippen LogP) is 4.93. The molecule has 0 N–H and O–H groups in total. The van der Waals surface area contributed by atoms with Crippen LogP contribution in [-0.4, -0.2) is 29.5 Å². The van der Waals surface area contributed by atoms with Crippen molar-refractivity contribution in [2.24, 2.45) is 0 Å². The third-order valence-corrected chi connectivity index (χ3v) is 5.30. The number of para-hydroxylation sites is 1. The molecule has 24 heavy (non-hydrogen) atoms. The smallest absolute Gasteiger partial charge is 0.279 e. The average molecular weight is 337 g/mol. The van der Waals surface area contributed by atoms with E-state index in [-0.39, 0.29) is 0 Å². The van der Waals surface area contributed by atoms with Crippen LogP contribution in [0.3, 0.4) is 0 Å². The summed E-state index contributed by atoms with van der Waals surface area (Å²) >= 11 is 1.58. The minimum Gasteiger partial charge on any atom is -0.431 e. The molecule has 0 saturated carbocycles. The molecule has 0 aliphatic carbocycles. The van der Waals surface area contributed by atoms with Gasteiger partial charge in [0.05, 0.1) is 10.2 Å². The van der Waals surface area contributed by atoms with E-state index in [9.17, 15) is 0 Å². The molecule has 1 aromatic heterocycles. The van der Waals surface area contributed by atoms with Crippen LogP contribution >= 0.6 is 11.3 Å². The Kier molecular flexibility index (Phi) is 4.76. The van der Waals surface area contributed by atoms with Gasteiger partial charge in [-0.1, -0.05) is 35.6 Å². The number of thiazole rings is 1. The van der Waals surface area contributed by atoms with Crippen molar-refractivity contribution >= 4 is 21.6 Å². The van der Waals surface area contributed by atoms with E-state index in [2.05, 4.69) is 34.5 Å². The minimum absolute atomic E-state index is 0.702. The summed E-state index contributed by atoms with van der Waals surface area (Å²) < 4.78 is 7.06. The van der Waals surface area contributed by atoms with Gasteiger partial charge >= 0.3 is 0 Å². The minimum atomic E-state index is 0.702. The Hall–Kier alpha value is -1.91. The van der Waals surface area contributed by atoms with Crippen LogP contribution < -0.4 is 4.74 Å². The largest absolute Gasteiger partial charge is 0.431 e. The van der Waals surface area contributed by atoms with Crippen LogP contribution in [0.5, 0.6) is 10.9 Å². The lowest BCUT2D eigenvalue weighted by Gasteiger charge is -2.26. The number of likely N-dealkylation sites (tertiary alicyclic amines) is 1. The maximum Gasteiger partial charge on any atom is 0.279 e. The fourth-order valence-corrected chi connectivity index (χ4v) is 3.87. The van der Waals surface area contributed by atoms with Gasteiger partial charge in [0, 0.05) is 13.1 Å². The van der Waals surface area contributed by atoms with Crippen molar-refractivity contribution in [1.29, 1.82) is 0 Å². The Bertz CT molecular complexity index is 758. The molecule has 4 heteroatoms. The fraction of sp³-hybridized carbons (Fsp3) is 0.300. The Morgan fingerprint density at radius 2 is 1.96 bits per heavy atom. The molecule has 1 fully saturated rings. The summed E-state index contributed by atoms with van der Waals surface area (Å²) in [5.41, 5.74) is 2.35. The van der Waals surface area contributed by atoms with E-state index in [4.69, 9.17) is 4.74 Å². The van der Waals surface area contributed by atoms with E-state index in [0.29, 0.717) is 5.19 Å². The Labute approximate surface area is 146 Å². The molecule has 0 unspecified atom stereocenters. The molecule has 3 nitrogen and oxygen atoms in total. The summed E-state index contributed by atoms with van der Waals surface area (Å²) in [6.07, 6.45) is 6.05. The highest BCUT2D eigenvalue weighted by atomic mass is 32.1. The first kappa shape index (κ1) is 15.6. The van der Waals surface area contributed by atoms with E-state index < -0.39 is 0 Å². The van der Waals surface area contributed by atoms with Crippen LogP contribution in [0.4, 0.5) is 0 Å². The molecular weight excluding hydrogens is 316 g/mol. The molecule has 1 saturated heterocycles. The molecule has 0 atom stereocenters. The molecule has 2 aromatic carbocycles. The second-order valence-corrected chi connectivity index (χ2v) is 7.17. The van der Waals surface area contributed by atoms with Crippen molar-refractivity contribution in [1.82, 2.24) is 9.88 Å². The fourth-order valence-electron chi connectivity index (χ4n) is 3.03. The van der Waals surface area contributed by atoms with E-state index >= 15 is 0 Å². The normalized spacial score (nSPS) is 15.7. The molecule has 4 rings (SSSR count). The van der Waals surface area contributed by atoms with Crippen molar-refractivity contribution in [3.8, 4) is 10.9 Å². The van der Waals surface area contributed by atoms with Crippen molar-refractivity contribution < 1.29 is 4.74 Å². The number of rotatable bonds is 5. The molecule has 123 valence electrons. The molecule has 0 bridgehead atoms. The lowest BCUT2D eigenvalue weighted by Crippen LogP contribution is -2.31. The second-order valence-electron chi connectivity index (χ2n) is 6.18. The van der Waals surface area contributed by atoms with E-state index in [1.807, 2.05) is 30.3 Å². The lowest BCUT2D eigenvalue weighted by molar-refractivity contribution is 0.266. The van der Waals surface area contributed by atoms with Gasteiger partial charge in [0.15, 0.2) is 0 Å². The van der Waals surface area contributed by atoms with Crippen molar-refractivity contribution in [3.63, 3.8) is 0 Å². The maximum atomic E-state index is 5.90. The van der Waals surface area contributed by atoms with Gasteiger partial charge < -0.3 is 9.64 Å². The second kappa shape index (κ2) is 7.32. The van der Waals surface area contributed by atoms with E-state index in [0.717, 1.165) is 35.5 Å². The van der Waals surface area contributed by atoms with Crippen LogP contribution in [0.1, 0.15) is 18.4 Å². The number of benzene rings is 2. The number of piperidine rings is 1. The van der Waals surface area contributed by atoms with Crippen molar-refractivity contribution in [2.45, 2.75) is 19.3 Å². The molecule has 1 aliphatic heterocycles. The molecule has 3 aromatic rings. The van der Waals surface area contributed by atoms with Gasteiger partial charge in [-0.3, -0.25) is 0 Å². The van der Waals surface area contributed by atoms with E-state index in [1.165, 1.54) is 24.9 Å². The predicted molar refractivity (Wildman–Crippen MR) is 99.8 cm³/mol. The molecule has 2 heterocycles. The van der Waals surface area contributed by atoms with Gasteiger partial charge in [-0.2, -0.15) is 0 Å². The Morgan fingerprint density at radius 1 is 1.08 bits per heavy atom. The summed E-state index contributed by atoms with van der Waals surface area (Å²) in [5, 5.41) is 0.702. The SMILES string of the molecule is [CH]1CCCN(CCc2ccc(Oc3nc4ccccc4s3)cc2)C1. The molecule has 0 amide bonds. The van der Waals surface area contributed by atoms with Gasteiger partial charge in [0.1, 0.15) is 5.75 Å². The summed E-state index contributed by atoms with van der Waals surface area (Å²) in [6.45, 7) is 3.50. The third kappa shape index (κ3) is 3.77. The standard InChI is InChI=1S/C20H21N2OS/c1-4-13-22(14-5-1)15-12-16-8-10-17(11-9-16)23-20-21-18-6-2-3-7-19(18)24-20/h2-4,6-11H,1,5,12-15H2. The zero-order valence-corrected chi connectivity index (χ0v) is 14.5. The highest BCUT2D eigenvalue weighted by Gasteiger charge is 2.10. The van der Waals surface area contributed by atoms with Crippen LogP contribution in [0.2, 0.25) is 0 Å². The average Bonchev–Trinajstić information content (AvgIpc) is 3.04. The number of ether oxygens (including phenoxy) is 1. The van der Waals surface area contributed by atoms with Crippen molar-refractivity contribution in [2.75, 3.05) is 19.6 Å². The van der Waals surface area contributed by atoms with Gasteiger partial charge in [0.2, 0.25) is 0 Å². The maximum absolute atomic E-state index is 5.90. The zero-order valence-electron chi connectivity index (χ0n) is 13.6. The van der Waals surface area contributed by atoms with E-state index in [1.54, 1.807) is 11.3 Å². The number of aromatic nitrogens is 1. The van der Waals surface area contributed by atoms with Crippen LogP contribution in [0.15, 0.2) is 48.5 Å². The summed E-state index contributed by atoms with van der Waals surface area (Å²) in [4.78, 5) is 7.04. The van der Waals surface area contributed by atoms with Crippen LogP contribution in [-0.2, 0) is 6.42 Å². The number of nitrogens with zero attached hydrogens (tertiary/aromatic N) is 2. The monoisotopic (exact) mass is 337 g/mol. The van der Waals surface area contributed by atoms with Crippen LogP contribution in [0, 0.1) is 6.42 Å². The lowest BCUT2D eigenvalue weighted by atomic mass is 10.1. The van der Waals surface area contributed by atoms with Crippen molar-refractivity contribution in [3.05, 3.63) is 60.5 Å². The first-order chi connectivity index (χ1) is 11.9. The summed E-state index contributed by atoms with van der Waals surface area (Å²) in [5.74, 6) is 0.851. The van der Waals surface area contributed by atoms with Gasteiger partial charge in [-0.15, -0.1) is 0 Å². The number of fused-ring (bicyclic) bond motifs is 1. The summed E-state index contributed by atoms with van der Waals surface area (Å²) in [6, 6.07) is 16.5. The highest BCUT2D eigenvalue weighted by molar-refractivity contribution is 7.20. The van der Waals surface area contributed by atoms with Gasteiger partial charge in [0.25, 0.3) is 5.19 Å². The molecule has 1 radical (unpaired) electrons. The number of hydrogen-bond donors (Lipinski definition) is 0. The summed E-state index contributed by atoms with van der Waals surface area (Å²) in [7, 11) is 0. The zero-order chi connectivity index (χ0) is 16.2. The van der Waals surface area contributed by atoms with Gasteiger partial charge in [-0.05, 0) is 62.1 Å². The third-order valence-electron chi connectivity index (χ3n) is 4.39. The number of hydrogen-bond acceptors (Lipinski definition) is 4. The molecule has 1 aliphatic rings. The topological polar surface area (TPSA) is 25.4 Å². The first-order valence-electron chi connectivity index (χ1n) is 8.53. The molecule has 0 spiro atoms. The highest BCUT2D eigenvalue weighted by Crippen LogP contribution is 2.31. The van der Waals surface area contributed by atoms with Crippen LogP contribution in [0.25, 0.3) is 10.2 Å².